The van der Waals surface area contributed by atoms with Gasteiger partial charge in [0.2, 0.25) is 0 Å². The van der Waals surface area contributed by atoms with Crippen LogP contribution in [-0.2, 0) is 0 Å². The van der Waals surface area contributed by atoms with Crippen molar-refractivity contribution >= 4 is 15.9 Å². The van der Waals surface area contributed by atoms with Gasteiger partial charge in [0, 0.05) is 10.7 Å². The van der Waals surface area contributed by atoms with Gasteiger partial charge < -0.3 is 4.74 Å². The van der Waals surface area contributed by atoms with E-state index >= 15 is 0 Å². The highest BCUT2D eigenvalue weighted by atomic mass is 79.9. The summed E-state index contributed by atoms with van der Waals surface area (Å²) in [5.74, 6) is 1.06. The lowest BCUT2D eigenvalue weighted by atomic mass is 9.86. The normalized spacial score (nSPS) is 11.7. The first-order valence-corrected chi connectivity index (χ1v) is 7.86. The summed E-state index contributed by atoms with van der Waals surface area (Å²) in [7, 11) is 0. The summed E-state index contributed by atoms with van der Waals surface area (Å²) in [6, 6.07) is 4.38. The zero-order valence-electron chi connectivity index (χ0n) is 12.3. The Morgan fingerprint density at radius 1 is 1.06 bits per heavy atom. The maximum atomic E-state index is 6.13. The molecule has 18 heavy (non-hydrogen) atoms. The van der Waals surface area contributed by atoms with E-state index < -0.39 is 0 Å². The summed E-state index contributed by atoms with van der Waals surface area (Å²) in [5.41, 5.74) is 4.03. The molecule has 1 aromatic rings. The fraction of sp³-hybridized carbons (Fsp3) is 0.625. The van der Waals surface area contributed by atoms with Gasteiger partial charge in [-0.25, -0.2) is 0 Å². The van der Waals surface area contributed by atoms with Gasteiger partial charge in [0.25, 0.3) is 0 Å². The van der Waals surface area contributed by atoms with E-state index in [1.54, 1.807) is 0 Å². The third-order valence-electron chi connectivity index (χ3n) is 3.91. The number of alkyl halides is 1. The molecule has 1 aromatic carbocycles. The fourth-order valence-corrected chi connectivity index (χ4v) is 3.26. The van der Waals surface area contributed by atoms with Crippen LogP contribution in [-0.4, -0.2) is 11.9 Å². The van der Waals surface area contributed by atoms with Crippen LogP contribution in [0.5, 0.6) is 5.75 Å². The molecular weight excluding hydrogens is 288 g/mol. The first kappa shape index (κ1) is 15.6. The first-order valence-electron chi connectivity index (χ1n) is 6.74. The minimum absolute atomic E-state index is 0.254. The van der Waals surface area contributed by atoms with Crippen molar-refractivity contribution in [1.29, 1.82) is 0 Å². The van der Waals surface area contributed by atoms with Crippen LogP contribution in [0.4, 0.5) is 0 Å². The maximum Gasteiger partial charge on any atom is 0.125 e. The second kappa shape index (κ2) is 6.60. The van der Waals surface area contributed by atoms with Crippen molar-refractivity contribution in [2.45, 2.75) is 47.5 Å². The van der Waals surface area contributed by atoms with Crippen molar-refractivity contribution in [3.05, 3.63) is 28.8 Å². The second-order valence-corrected chi connectivity index (χ2v) is 5.92. The first-order chi connectivity index (χ1) is 8.48. The van der Waals surface area contributed by atoms with E-state index in [4.69, 9.17) is 4.74 Å². The van der Waals surface area contributed by atoms with E-state index in [-0.39, 0.29) is 5.41 Å². The average Bonchev–Trinajstić information content (AvgIpc) is 2.33. The van der Waals surface area contributed by atoms with Gasteiger partial charge in [-0.15, -0.1) is 0 Å². The summed E-state index contributed by atoms with van der Waals surface area (Å²) in [4.78, 5) is 0. The molecule has 0 saturated heterocycles. The fourth-order valence-electron chi connectivity index (χ4n) is 2.30. The number of rotatable bonds is 6. The predicted octanol–water partition coefficient (Wildman–Crippen LogP) is 5.19. The Morgan fingerprint density at radius 3 is 1.94 bits per heavy atom. The lowest BCUT2D eigenvalue weighted by Gasteiger charge is -2.30. The predicted molar refractivity (Wildman–Crippen MR) is 83.0 cm³/mol. The van der Waals surface area contributed by atoms with Crippen LogP contribution in [0.3, 0.4) is 0 Å². The lowest BCUT2D eigenvalue weighted by Crippen LogP contribution is -2.29. The van der Waals surface area contributed by atoms with E-state index in [1.165, 1.54) is 16.7 Å². The molecule has 1 nitrogen and oxygen atoms in total. The zero-order valence-corrected chi connectivity index (χ0v) is 13.9. The molecule has 1 rings (SSSR count). The Morgan fingerprint density at radius 2 is 1.56 bits per heavy atom. The van der Waals surface area contributed by atoms with Crippen LogP contribution < -0.4 is 4.74 Å². The Bertz CT molecular complexity index is 363. The maximum absolute atomic E-state index is 6.13. The highest BCUT2D eigenvalue weighted by molar-refractivity contribution is 9.09. The molecule has 102 valence electrons. The number of ether oxygens (including phenoxy) is 1. The van der Waals surface area contributed by atoms with Crippen molar-refractivity contribution in [2.24, 2.45) is 5.41 Å². The molecular formula is C16H25BrO. The van der Waals surface area contributed by atoms with Gasteiger partial charge in [-0.1, -0.05) is 47.5 Å². The molecule has 0 aromatic heterocycles. The Balaban J connectivity index is 2.86. The van der Waals surface area contributed by atoms with Crippen molar-refractivity contribution in [1.82, 2.24) is 0 Å². The van der Waals surface area contributed by atoms with E-state index in [1.807, 2.05) is 0 Å². The second-order valence-electron chi connectivity index (χ2n) is 5.36. The van der Waals surface area contributed by atoms with Gasteiger partial charge in [0.05, 0.1) is 6.61 Å². The number of hydrogen-bond donors (Lipinski definition) is 0. The average molecular weight is 313 g/mol. The van der Waals surface area contributed by atoms with Crippen molar-refractivity contribution in [2.75, 3.05) is 11.9 Å². The van der Waals surface area contributed by atoms with Gasteiger partial charge in [0.1, 0.15) is 5.75 Å². The minimum Gasteiger partial charge on any atom is -0.492 e. The number of aryl methyl sites for hydroxylation is 3. The largest absolute Gasteiger partial charge is 0.492 e. The monoisotopic (exact) mass is 312 g/mol. The third kappa shape index (κ3) is 3.50. The molecule has 0 atom stereocenters. The van der Waals surface area contributed by atoms with Gasteiger partial charge in [-0.2, -0.15) is 0 Å². The van der Waals surface area contributed by atoms with Crippen LogP contribution in [0.1, 0.15) is 43.4 Å². The Kier molecular flexibility index (Phi) is 5.71. The highest BCUT2D eigenvalue weighted by Gasteiger charge is 2.26. The van der Waals surface area contributed by atoms with Crippen LogP contribution >= 0.6 is 15.9 Å². The minimum atomic E-state index is 0.254. The van der Waals surface area contributed by atoms with E-state index in [2.05, 4.69) is 62.7 Å². The molecule has 0 radical (unpaired) electrons. The van der Waals surface area contributed by atoms with Crippen LogP contribution in [0, 0.1) is 26.2 Å². The lowest BCUT2D eigenvalue weighted by molar-refractivity contribution is 0.156. The van der Waals surface area contributed by atoms with Crippen LogP contribution in [0.2, 0.25) is 0 Å². The topological polar surface area (TPSA) is 9.23 Å². The van der Waals surface area contributed by atoms with E-state index in [0.717, 1.165) is 30.5 Å². The van der Waals surface area contributed by atoms with Crippen LogP contribution in [0.15, 0.2) is 12.1 Å². The molecule has 0 aliphatic rings. The van der Waals surface area contributed by atoms with Gasteiger partial charge in [-0.05, 0) is 44.7 Å². The highest BCUT2D eigenvalue weighted by Crippen LogP contribution is 2.32. The SMILES string of the molecule is CCC(CC)(CBr)COc1c(C)cc(C)cc1C. The van der Waals surface area contributed by atoms with Gasteiger partial charge in [-0.3, -0.25) is 0 Å². The Hall–Kier alpha value is -0.500. The smallest absolute Gasteiger partial charge is 0.125 e. The molecule has 0 spiro atoms. The van der Waals surface area contributed by atoms with E-state index in [9.17, 15) is 0 Å². The molecule has 0 heterocycles. The van der Waals surface area contributed by atoms with Crippen molar-refractivity contribution in [3.8, 4) is 5.75 Å². The molecule has 0 fully saturated rings. The Labute approximate surface area is 120 Å². The summed E-state index contributed by atoms with van der Waals surface area (Å²) < 4.78 is 6.13. The number of hydrogen-bond acceptors (Lipinski definition) is 1. The number of halogens is 1. The molecule has 0 aliphatic heterocycles. The van der Waals surface area contributed by atoms with Crippen molar-refractivity contribution < 1.29 is 4.74 Å². The molecule has 0 unspecified atom stereocenters. The molecule has 0 N–H and O–H groups in total. The molecule has 0 bridgehead atoms. The summed E-state index contributed by atoms with van der Waals surface area (Å²) in [6.45, 7) is 11.7. The molecule has 0 amide bonds. The van der Waals surface area contributed by atoms with E-state index in [0.29, 0.717) is 0 Å². The van der Waals surface area contributed by atoms with Crippen LogP contribution in [0.25, 0.3) is 0 Å². The third-order valence-corrected chi connectivity index (χ3v) is 5.10. The van der Waals surface area contributed by atoms with Gasteiger partial charge in [0.15, 0.2) is 0 Å². The number of benzene rings is 1. The standard InChI is InChI=1S/C16H25BrO/c1-6-16(7-2,10-17)11-18-15-13(4)8-12(3)9-14(15)5/h8-9H,6-7,10-11H2,1-5H3. The summed E-state index contributed by atoms with van der Waals surface area (Å²) >= 11 is 3.64. The zero-order chi connectivity index (χ0) is 13.8. The summed E-state index contributed by atoms with van der Waals surface area (Å²) in [5, 5.41) is 0.997. The quantitative estimate of drug-likeness (QED) is 0.657. The van der Waals surface area contributed by atoms with Gasteiger partial charge >= 0.3 is 0 Å². The molecule has 0 saturated carbocycles. The van der Waals surface area contributed by atoms with Crippen molar-refractivity contribution in [3.63, 3.8) is 0 Å². The molecule has 0 aliphatic carbocycles. The summed E-state index contributed by atoms with van der Waals surface area (Å²) in [6.07, 6.45) is 2.28. The molecule has 2 heteroatoms.